The highest BCUT2D eigenvalue weighted by atomic mass is 16.2. The minimum atomic E-state index is -0.977. The van der Waals surface area contributed by atoms with Gasteiger partial charge < -0.3 is 5.32 Å². The van der Waals surface area contributed by atoms with Crippen LogP contribution in [0.1, 0.15) is 48.2 Å². The Kier molecular flexibility index (Phi) is 4.44. The average Bonchev–Trinajstić information content (AvgIpc) is 3.04. The highest BCUT2D eigenvalue weighted by Crippen LogP contribution is 2.34. The van der Waals surface area contributed by atoms with Gasteiger partial charge in [0.1, 0.15) is 5.92 Å². The number of aromatic nitrogens is 1. The maximum atomic E-state index is 13.1. The van der Waals surface area contributed by atoms with Crippen molar-refractivity contribution in [2.24, 2.45) is 0 Å². The molecule has 0 radical (unpaired) electrons. The highest BCUT2D eigenvalue weighted by molar-refractivity contribution is 6.30. The number of para-hydroxylation sites is 1. The number of hydrogen-bond donors (Lipinski definition) is 1. The Morgan fingerprint density at radius 1 is 0.839 bits per heavy atom. The van der Waals surface area contributed by atoms with E-state index in [2.05, 4.69) is 10.3 Å². The van der Waals surface area contributed by atoms with Crippen molar-refractivity contribution in [2.75, 3.05) is 5.32 Å². The fraction of sp³-hybridized carbons (Fsp3) is 0.0769. The van der Waals surface area contributed by atoms with E-state index in [1.807, 2.05) is 61.5 Å². The number of carbonyl (C=O) groups is 3. The van der Waals surface area contributed by atoms with E-state index >= 15 is 0 Å². The number of carbonyl (C=O) groups excluding carboxylic acids is 3. The number of benzene rings is 3. The molecule has 0 aliphatic heterocycles. The van der Waals surface area contributed by atoms with Crippen molar-refractivity contribution in [3.8, 4) is 0 Å². The Balaban J connectivity index is 1.45. The molecule has 0 bridgehead atoms. The number of hydrogen-bond acceptors (Lipinski definition) is 4. The number of Topliss-reactive ketones (excluding diaryl/α,β-unsaturated/α-hetero) is 2. The van der Waals surface area contributed by atoms with Gasteiger partial charge in [-0.25, -0.2) is 0 Å². The van der Waals surface area contributed by atoms with Crippen LogP contribution in [0.15, 0.2) is 78.9 Å². The first-order valence-electron chi connectivity index (χ1n) is 9.97. The minimum Gasteiger partial charge on any atom is -0.322 e. The molecule has 150 valence electrons. The van der Waals surface area contributed by atoms with E-state index in [-0.39, 0.29) is 23.0 Å². The number of fused-ring (bicyclic) bond motifs is 2. The average molecular weight is 406 g/mol. The molecule has 1 aliphatic carbocycles. The summed E-state index contributed by atoms with van der Waals surface area (Å²) < 4.78 is 0. The van der Waals surface area contributed by atoms with E-state index in [1.54, 1.807) is 18.2 Å². The van der Waals surface area contributed by atoms with Gasteiger partial charge >= 0.3 is 0 Å². The van der Waals surface area contributed by atoms with Crippen molar-refractivity contribution < 1.29 is 14.4 Å². The van der Waals surface area contributed by atoms with Crippen LogP contribution in [-0.4, -0.2) is 22.5 Å². The molecule has 1 unspecified atom stereocenters. The number of aryl methyl sites for hydroxylation is 1. The zero-order chi connectivity index (χ0) is 21.5. The number of nitrogens with one attached hydrogen (secondary N) is 1. The van der Waals surface area contributed by atoms with Crippen LogP contribution >= 0.6 is 0 Å². The smallest absolute Gasteiger partial charge is 0.255 e. The lowest BCUT2D eigenvalue weighted by atomic mass is 9.98. The van der Waals surface area contributed by atoms with Gasteiger partial charge in [-0.15, -0.1) is 0 Å². The molecular weight excluding hydrogens is 388 g/mol. The van der Waals surface area contributed by atoms with Gasteiger partial charge in [0.15, 0.2) is 11.6 Å². The van der Waals surface area contributed by atoms with Crippen molar-refractivity contribution in [1.82, 2.24) is 4.98 Å². The molecular formula is C26H18N2O3. The fourth-order valence-corrected chi connectivity index (χ4v) is 3.89. The van der Waals surface area contributed by atoms with Gasteiger partial charge in [-0.3, -0.25) is 19.4 Å². The van der Waals surface area contributed by atoms with E-state index < -0.39 is 5.92 Å². The van der Waals surface area contributed by atoms with Crippen molar-refractivity contribution in [1.29, 1.82) is 0 Å². The first-order valence-corrected chi connectivity index (χ1v) is 9.97. The molecule has 1 atom stereocenters. The molecule has 0 spiro atoms. The second-order valence-electron chi connectivity index (χ2n) is 7.67. The minimum absolute atomic E-state index is 0.265. The molecule has 0 fully saturated rings. The van der Waals surface area contributed by atoms with Crippen LogP contribution in [0.3, 0.4) is 0 Å². The summed E-state index contributed by atoms with van der Waals surface area (Å²) in [6.07, 6.45) is 0. The number of amides is 1. The van der Waals surface area contributed by atoms with Crippen molar-refractivity contribution >= 4 is 34.1 Å². The van der Waals surface area contributed by atoms with Gasteiger partial charge in [0, 0.05) is 27.8 Å². The molecule has 5 heteroatoms. The normalized spacial score (nSPS) is 15.2. The molecule has 0 saturated heterocycles. The summed E-state index contributed by atoms with van der Waals surface area (Å²) in [4.78, 5) is 43.3. The van der Waals surface area contributed by atoms with Crippen LogP contribution in [0.2, 0.25) is 0 Å². The number of nitrogens with zero attached hydrogens (tertiary/aromatic N) is 1. The SMILES string of the molecule is Cc1ccc(NC(=O)c2ccc3c(c2)C(=O)C(c2ccc4ccccc4n2)C3=O)cc1. The van der Waals surface area contributed by atoms with Crippen molar-refractivity contribution in [3.05, 3.63) is 107 Å². The lowest BCUT2D eigenvalue weighted by Crippen LogP contribution is -2.14. The molecule has 4 aromatic rings. The third-order valence-corrected chi connectivity index (χ3v) is 5.56. The van der Waals surface area contributed by atoms with E-state index in [4.69, 9.17) is 0 Å². The summed E-state index contributed by atoms with van der Waals surface area (Å²) in [6.45, 7) is 1.97. The second kappa shape index (κ2) is 7.29. The maximum Gasteiger partial charge on any atom is 0.255 e. The predicted molar refractivity (Wildman–Crippen MR) is 119 cm³/mol. The molecule has 31 heavy (non-hydrogen) atoms. The number of ketones is 2. The van der Waals surface area contributed by atoms with E-state index in [9.17, 15) is 14.4 Å². The molecule has 1 aliphatic rings. The van der Waals surface area contributed by atoms with Crippen LogP contribution in [0.25, 0.3) is 10.9 Å². The van der Waals surface area contributed by atoms with Gasteiger partial charge in [0.2, 0.25) is 0 Å². The quantitative estimate of drug-likeness (QED) is 0.488. The molecule has 3 aromatic carbocycles. The molecule has 1 amide bonds. The summed E-state index contributed by atoms with van der Waals surface area (Å²) in [7, 11) is 0. The molecule has 5 rings (SSSR count). The van der Waals surface area contributed by atoms with Crippen LogP contribution in [0, 0.1) is 6.92 Å². The third-order valence-electron chi connectivity index (χ3n) is 5.56. The Bertz CT molecular complexity index is 1370. The van der Waals surface area contributed by atoms with Crippen molar-refractivity contribution in [2.45, 2.75) is 12.8 Å². The molecule has 0 saturated carbocycles. The number of rotatable bonds is 3. The predicted octanol–water partition coefficient (Wildman–Crippen LogP) is 4.96. The summed E-state index contributed by atoms with van der Waals surface area (Å²) in [6, 6.07) is 23.2. The van der Waals surface area contributed by atoms with Gasteiger partial charge in [-0.1, -0.05) is 42.0 Å². The largest absolute Gasteiger partial charge is 0.322 e. The molecule has 5 nitrogen and oxygen atoms in total. The Morgan fingerprint density at radius 2 is 1.58 bits per heavy atom. The summed E-state index contributed by atoms with van der Waals surface area (Å²) in [5.41, 5.74) is 3.83. The number of anilines is 1. The summed E-state index contributed by atoms with van der Waals surface area (Å²) in [5.74, 6) is -1.92. The van der Waals surface area contributed by atoms with Crippen LogP contribution < -0.4 is 5.32 Å². The lowest BCUT2D eigenvalue weighted by Gasteiger charge is -2.07. The molecule has 1 N–H and O–H groups in total. The van der Waals surface area contributed by atoms with Gasteiger partial charge in [-0.2, -0.15) is 0 Å². The zero-order valence-electron chi connectivity index (χ0n) is 16.8. The number of pyridine rings is 1. The summed E-state index contributed by atoms with van der Waals surface area (Å²) in [5, 5.41) is 3.76. The Hall–Kier alpha value is -4.12. The summed E-state index contributed by atoms with van der Waals surface area (Å²) >= 11 is 0. The second-order valence-corrected chi connectivity index (χ2v) is 7.67. The van der Waals surface area contributed by atoms with E-state index in [0.29, 0.717) is 22.5 Å². The maximum absolute atomic E-state index is 13.1. The molecule has 1 heterocycles. The van der Waals surface area contributed by atoms with Gasteiger partial charge in [-0.05, 0) is 49.4 Å². The van der Waals surface area contributed by atoms with Crippen LogP contribution in [0.5, 0.6) is 0 Å². The van der Waals surface area contributed by atoms with E-state index in [1.165, 1.54) is 6.07 Å². The molecule has 1 aromatic heterocycles. The first kappa shape index (κ1) is 18.9. The lowest BCUT2D eigenvalue weighted by molar-refractivity contribution is 0.0887. The Morgan fingerprint density at radius 3 is 2.39 bits per heavy atom. The zero-order valence-corrected chi connectivity index (χ0v) is 16.8. The van der Waals surface area contributed by atoms with Gasteiger partial charge in [0.05, 0.1) is 11.2 Å². The Labute approximate surface area is 178 Å². The highest BCUT2D eigenvalue weighted by Gasteiger charge is 2.40. The van der Waals surface area contributed by atoms with Crippen LogP contribution in [-0.2, 0) is 0 Å². The van der Waals surface area contributed by atoms with Crippen LogP contribution in [0.4, 0.5) is 5.69 Å². The third kappa shape index (κ3) is 3.30. The van der Waals surface area contributed by atoms with Crippen molar-refractivity contribution in [3.63, 3.8) is 0 Å². The standard InChI is InChI=1S/C26H18N2O3/c1-15-6-10-18(11-7-15)27-26(31)17-8-12-19-20(14-17)25(30)23(24(19)29)22-13-9-16-4-2-3-5-21(16)28-22/h2-14,23H,1H3,(H,27,31). The van der Waals surface area contributed by atoms with Gasteiger partial charge in [0.25, 0.3) is 5.91 Å². The fourth-order valence-electron chi connectivity index (χ4n) is 3.89. The monoisotopic (exact) mass is 406 g/mol. The van der Waals surface area contributed by atoms with E-state index in [0.717, 1.165) is 16.5 Å². The first-order chi connectivity index (χ1) is 15.0. The topological polar surface area (TPSA) is 76.1 Å².